The Morgan fingerprint density at radius 3 is 2.77 bits per heavy atom. The smallest absolute Gasteiger partial charge is 0.311 e. The van der Waals surface area contributed by atoms with E-state index in [4.69, 9.17) is 9.47 Å². The third kappa shape index (κ3) is 5.55. The number of H-pyrrole nitrogens is 1. The Morgan fingerprint density at radius 2 is 2.06 bits per heavy atom. The second-order valence-corrected chi connectivity index (χ2v) is 10.6. The van der Waals surface area contributed by atoms with Gasteiger partial charge >= 0.3 is 5.97 Å². The lowest BCUT2D eigenvalue weighted by Gasteiger charge is -2.38. The summed E-state index contributed by atoms with van der Waals surface area (Å²) in [7, 11) is 1.44. The fraction of sp³-hybridized carbons (Fsp3) is 0.600. The summed E-state index contributed by atoms with van der Waals surface area (Å²) >= 11 is 0. The van der Waals surface area contributed by atoms with Crippen LogP contribution in [-0.4, -0.2) is 36.1 Å². The van der Waals surface area contributed by atoms with Gasteiger partial charge in [0.15, 0.2) is 5.78 Å². The fourth-order valence-corrected chi connectivity index (χ4v) is 6.44. The highest BCUT2D eigenvalue weighted by Gasteiger charge is 2.42. The molecule has 8 atom stereocenters. The van der Waals surface area contributed by atoms with Crippen LogP contribution in [0.25, 0.3) is 0 Å². The van der Waals surface area contributed by atoms with E-state index in [9.17, 15) is 9.59 Å². The number of ether oxygens (including phenoxy) is 2. The van der Waals surface area contributed by atoms with Gasteiger partial charge < -0.3 is 14.5 Å². The number of rotatable bonds is 8. The molecule has 4 rings (SSSR count). The third-order valence-electron chi connectivity index (χ3n) is 8.54. The normalized spacial score (nSPS) is 34.1. The molecule has 0 aromatic carbocycles. The summed E-state index contributed by atoms with van der Waals surface area (Å²) in [6, 6.07) is 3.80. The van der Waals surface area contributed by atoms with Gasteiger partial charge in [-0.05, 0) is 74.5 Å². The maximum Gasteiger partial charge on any atom is 0.311 e. The zero-order chi connectivity index (χ0) is 24.9. The monoisotopic (exact) mass is 479 g/mol. The first-order chi connectivity index (χ1) is 16.9. The molecule has 2 aliphatic carbocycles. The summed E-state index contributed by atoms with van der Waals surface area (Å²) in [5, 5.41) is 0. The molecule has 2 heterocycles. The van der Waals surface area contributed by atoms with Gasteiger partial charge in [-0.3, -0.25) is 9.59 Å². The molecule has 5 heteroatoms. The van der Waals surface area contributed by atoms with Gasteiger partial charge in [0.25, 0.3) is 0 Å². The van der Waals surface area contributed by atoms with Crippen molar-refractivity contribution >= 4 is 11.8 Å². The van der Waals surface area contributed by atoms with Crippen molar-refractivity contribution in [1.29, 1.82) is 0 Å². The van der Waals surface area contributed by atoms with E-state index < -0.39 is 0 Å². The maximum absolute atomic E-state index is 13.5. The number of Topliss-reactive ketones (excluding diaryl/α,β-unsaturated/α-hetero) is 1. The molecule has 0 amide bonds. The minimum absolute atomic E-state index is 0.00651. The second kappa shape index (κ2) is 11.6. The summed E-state index contributed by atoms with van der Waals surface area (Å²) in [4.78, 5) is 28.7. The molecule has 0 bridgehead atoms. The van der Waals surface area contributed by atoms with Crippen LogP contribution in [0.4, 0.5) is 0 Å². The summed E-state index contributed by atoms with van der Waals surface area (Å²) in [6.45, 7) is 6.28. The molecule has 0 unspecified atom stereocenters. The molecule has 1 aromatic heterocycles. The third-order valence-corrected chi connectivity index (χ3v) is 8.54. The summed E-state index contributed by atoms with van der Waals surface area (Å²) in [5.41, 5.74) is 1.95. The van der Waals surface area contributed by atoms with Crippen molar-refractivity contribution in [2.75, 3.05) is 7.11 Å². The van der Waals surface area contributed by atoms with Gasteiger partial charge in [-0.2, -0.15) is 0 Å². The Balaban J connectivity index is 1.52. The molecule has 2 fully saturated rings. The molecule has 35 heavy (non-hydrogen) atoms. The van der Waals surface area contributed by atoms with E-state index in [1.165, 1.54) is 25.5 Å². The van der Waals surface area contributed by atoms with Gasteiger partial charge in [-0.1, -0.05) is 50.6 Å². The largest absolute Gasteiger partial charge is 0.469 e. The molecule has 1 saturated heterocycles. The summed E-state index contributed by atoms with van der Waals surface area (Å²) in [5.74, 6) is 1.17. The number of aromatic amines is 1. The van der Waals surface area contributed by atoms with Gasteiger partial charge in [-0.15, -0.1) is 0 Å². The zero-order valence-electron chi connectivity index (χ0n) is 21.6. The topological polar surface area (TPSA) is 68.4 Å². The van der Waals surface area contributed by atoms with Crippen LogP contribution in [0.15, 0.2) is 54.3 Å². The highest BCUT2D eigenvalue weighted by atomic mass is 16.5. The van der Waals surface area contributed by atoms with Crippen LogP contribution in [0.3, 0.4) is 0 Å². The van der Waals surface area contributed by atoms with E-state index in [-0.39, 0.29) is 41.7 Å². The second-order valence-electron chi connectivity index (χ2n) is 10.6. The van der Waals surface area contributed by atoms with Crippen molar-refractivity contribution in [2.45, 2.75) is 71.5 Å². The van der Waals surface area contributed by atoms with E-state index in [0.29, 0.717) is 23.4 Å². The first kappa shape index (κ1) is 25.7. The van der Waals surface area contributed by atoms with Crippen LogP contribution < -0.4 is 0 Å². The average Bonchev–Trinajstić information content (AvgIpc) is 3.58. The van der Waals surface area contributed by atoms with E-state index in [0.717, 1.165) is 25.7 Å². The summed E-state index contributed by atoms with van der Waals surface area (Å²) < 4.78 is 11.4. The van der Waals surface area contributed by atoms with Crippen molar-refractivity contribution < 1.29 is 19.1 Å². The van der Waals surface area contributed by atoms with Crippen LogP contribution in [0, 0.1) is 35.5 Å². The number of carbonyl (C=O) groups excluding carboxylic acids is 2. The predicted molar refractivity (Wildman–Crippen MR) is 138 cm³/mol. The Labute approximate surface area is 210 Å². The number of aromatic nitrogens is 1. The molecular formula is C30H41NO4. The molecule has 1 aliphatic heterocycles. The van der Waals surface area contributed by atoms with Crippen LogP contribution in [0.1, 0.15) is 69.8 Å². The Hall–Kier alpha value is -2.40. The number of nitrogens with one attached hydrogen (secondary N) is 1. The fourth-order valence-electron chi connectivity index (χ4n) is 6.44. The molecule has 3 aliphatic rings. The van der Waals surface area contributed by atoms with Gasteiger partial charge in [0, 0.05) is 18.0 Å². The van der Waals surface area contributed by atoms with Crippen molar-refractivity contribution in [3.8, 4) is 0 Å². The van der Waals surface area contributed by atoms with Crippen molar-refractivity contribution in [1.82, 2.24) is 4.98 Å². The van der Waals surface area contributed by atoms with E-state index in [2.05, 4.69) is 49.2 Å². The van der Waals surface area contributed by atoms with Crippen LogP contribution >= 0.6 is 0 Å². The minimum atomic E-state index is -0.268. The molecule has 0 radical (unpaired) electrons. The molecule has 1 N–H and O–H groups in total. The number of carbonyl (C=O) groups is 2. The maximum atomic E-state index is 13.5. The van der Waals surface area contributed by atoms with E-state index >= 15 is 0 Å². The lowest BCUT2D eigenvalue weighted by atomic mass is 9.69. The number of fused-ring (bicyclic) bond motifs is 1. The number of hydrogen-bond acceptors (Lipinski definition) is 4. The number of allylic oxidation sites excluding steroid dienone is 5. The quantitative estimate of drug-likeness (QED) is 0.206. The first-order valence-electron chi connectivity index (χ1n) is 13.4. The van der Waals surface area contributed by atoms with Gasteiger partial charge in [0.2, 0.25) is 0 Å². The van der Waals surface area contributed by atoms with Crippen molar-refractivity contribution in [2.24, 2.45) is 35.5 Å². The molecular weight excluding hydrogens is 438 g/mol. The van der Waals surface area contributed by atoms with Crippen LogP contribution in [-0.2, 0) is 14.3 Å². The Bertz CT molecular complexity index is 959. The lowest BCUT2D eigenvalue weighted by molar-refractivity contribution is -0.156. The minimum Gasteiger partial charge on any atom is -0.469 e. The highest BCUT2D eigenvalue weighted by molar-refractivity contribution is 5.97. The van der Waals surface area contributed by atoms with Crippen LogP contribution in [0.2, 0.25) is 0 Å². The molecule has 5 nitrogen and oxygen atoms in total. The Kier molecular flexibility index (Phi) is 8.48. The highest BCUT2D eigenvalue weighted by Crippen LogP contribution is 2.46. The predicted octanol–water partition coefficient (Wildman–Crippen LogP) is 6.30. The van der Waals surface area contributed by atoms with E-state index in [1.807, 2.05) is 25.3 Å². The SMILES string of the molecule is CC/C(=C\C=C\[C@H]1C=C[C@H]2CCC[C@@H]2[C@H]1C(=O)c1ccc[nH]1)[C@@H]1O[C@H]([C@@H](C)C(=O)OC)CC[C@H]1C. The molecule has 1 saturated carbocycles. The molecule has 190 valence electrons. The van der Waals surface area contributed by atoms with Crippen molar-refractivity contribution in [3.63, 3.8) is 0 Å². The number of ketones is 1. The molecule has 0 spiro atoms. The lowest BCUT2D eigenvalue weighted by Crippen LogP contribution is -2.40. The summed E-state index contributed by atoms with van der Waals surface area (Å²) in [6.07, 6.45) is 19.1. The van der Waals surface area contributed by atoms with Gasteiger partial charge in [-0.25, -0.2) is 0 Å². The van der Waals surface area contributed by atoms with Crippen LogP contribution in [0.5, 0.6) is 0 Å². The standard InChI is InChI=1S/C30H41NO4/c1-5-21(29-19(2)14-17-26(35-29)20(3)30(33)34-4)9-6-11-23-16-15-22-10-7-12-24(22)27(23)28(32)25-13-8-18-31-25/h6,8-9,11,13,15-16,18-20,22-24,26-27,29,31H,5,7,10,12,14,17H2,1-4H3/b11-6+,21-9+/t19-,20-,22-,23+,24+,26+,27+,29-/m1/s1. The molecule has 1 aromatic rings. The average molecular weight is 480 g/mol. The zero-order valence-corrected chi connectivity index (χ0v) is 21.6. The Morgan fingerprint density at radius 1 is 1.23 bits per heavy atom. The van der Waals surface area contributed by atoms with Crippen molar-refractivity contribution in [3.05, 3.63) is 60.0 Å². The van der Waals surface area contributed by atoms with Gasteiger partial charge in [0.05, 0.1) is 30.9 Å². The first-order valence-corrected chi connectivity index (χ1v) is 13.4. The number of hydrogen-bond donors (Lipinski definition) is 1. The number of esters is 1. The van der Waals surface area contributed by atoms with E-state index in [1.54, 1.807) is 0 Å². The van der Waals surface area contributed by atoms with Gasteiger partial charge in [0.1, 0.15) is 0 Å². The number of methoxy groups -OCH3 is 1.